The Bertz CT molecular complexity index is 931. The van der Waals surface area contributed by atoms with E-state index in [-0.39, 0.29) is 17.6 Å². The molecule has 0 spiro atoms. The maximum Gasteiger partial charge on any atom is 0.274 e. The van der Waals surface area contributed by atoms with Gasteiger partial charge in [-0.25, -0.2) is 4.68 Å². The molecule has 0 saturated heterocycles. The predicted molar refractivity (Wildman–Crippen MR) is 90.7 cm³/mol. The minimum atomic E-state index is -0.0257. The molecule has 5 heteroatoms. The molecule has 116 valence electrons. The van der Waals surface area contributed by atoms with Gasteiger partial charge in [-0.3, -0.25) is 9.78 Å². The summed E-state index contributed by atoms with van der Waals surface area (Å²) in [7, 11) is 0. The average molecular weight is 306 g/mol. The van der Waals surface area contributed by atoms with E-state index in [2.05, 4.69) is 21.5 Å². The zero-order valence-corrected chi connectivity index (χ0v) is 13.2. The summed E-state index contributed by atoms with van der Waals surface area (Å²) in [5, 5.41) is 9.86. The zero-order valence-electron chi connectivity index (χ0n) is 13.2. The molecular weight excluding hydrogens is 288 g/mol. The van der Waals surface area contributed by atoms with Gasteiger partial charge in [0.05, 0.1) is 23.2 Å². The van der Waals surface area contributed by atoms with Gasteiger partial charge in [0, 0.05) is 29.9 Å². The summed E-state index contributed by atoms with van der Waals surface area (Å²) in [5.74, 6) is 0. The Labute approximate surface area is 134 Å². The molecule has 1 aliphatic heterocycles. The molecule has 0 amide bonds. The Hall–Kier alpha value is -2.69. The van der Waals surface area contributed by atoms with Crippen molar-refractivity contribution in [2.24, 2.45) is 0 Å². The largest absolute Gasteiger partial charge is 0.377 e. The van der Waals surface area contributed by atoms with E-state index in [0.29, 0.717) is 0 Å². The Morgan fingerprint density at radius 3 is 2.87 bits per heavy atom. The van der Waals surface area contributed by atoms with Crippen molar-refractivity contribution in [2.45, 2.75) is 32.4 Å². The van der Waals surface area contributed by atoms with Crippen LogP contribution in [0.1, 0.15) is 37.2 Å². The van der Waals surface area contributed by atoms with E-state index >= 15 is 0 Å². The van der Waals surface area contributed by atoms with Crippen LogP contribution in [0.5, 0.6) is 0 Å². The van der Waals surface area contributed by atoms with Crippen molar-refractivity contribution in [1.29, 1.82) is 0 Å². The summed E-state index contributed by atoms with van der Waals surface area (Å²) in [6.07, 6.45) is 4.39. The topological polar surface area (TPSA) is 59.8 Å². The van der Waals surface area contributed by atoms with Crippen molar-refractivity contribution in [3.63, 3.8) is 0 Å². The molecule has 0 fully saturated rings. The van der Waals surface area contributed by atoms with Crippen molar-refractivity contribution >= 4 is 16.5 Å². The van der Waals surface area contributed by atoms with Crippen LogP contribution >= 0.6 is 0 Å². The lowest BCUT2D eigenvalue weighted by atomic mass is 9.95. The fourth-order valence-electron chi connectivity index (χ4n) is 3.22. The SMILES string of the molecule is CC(C)n1nc2c3c(cccc3c1=O)NC(c1cccnc1)C2. The van der Waals surface area contributed by atoms with Crippen LogP contribution in [0.3, 0.4) is 0 Å². The van der Waals surface area contributed by atoms with Crippen LogP contribution in [-0.2, 0) is 6.42 Å². The third-order valence-electron chi connectivity index (χ3n) is 4.32. The van der Waals surface area contributed by atoms with Gasteiger partial charge in [0.2, 0.25) is 0 Å². The maximum absolute atomic E-state index is 12.6. The van der Waals surface area contributed by atoms with E-state index < -0.39 is 0 Å². The van der Waals surface area contributed by atoms with Crippen LogP contribution in [0.25, 0.3) is 10.8 Å². The molecule has 3 heterocycles. The lowest BCUT2D eigenvalue weighted by molar-refractivity contribution is 0.495. The number of nitrogens with zero attached hydrogens (tertiary/aromatic N) is 3. The molecule has 5 nitrogen and oxygen atoms in total. The molecule has 1 atom stereocenters. The van der Waals surface area contributed by atoms with Gasteiger partial charge in [-0.05, 0) is 37.6 Å². The zero-order chi connectivity index (χ0) is 16.0. The normalized spacial score (nSPS) is 16.6. The fourth-order valence-corrected chi connectivity index (χ4v) is 3.22. The van der Waals surface area contributed by atoms with Gasteiger partial charge >= 0.3 is 0 Å². The molecule has 1 N–H and O–H groups in total. The minimum absolute atomic E-state index is 0.0257. The highest BCUT2D eigenvalue weighted by atomic mass is 16.1. The highest BCUT2D eigenvalue weighted by Crippen LogP contribution is 2.35. The number of anilines is 1. The lowest BCUT2D eigenvalue weighted by Crippen LogP contribution is -2.29. The molecule has 0 radical (unpaired) electrons. The van der Waals surface area contributed by atoms with Gasteiger partial charge in [-0.15, -0.1) is 0 Å². The molecular formula is C18H18N4O. The standard InChI is InChI=1S/C18H18N4O/c1-11(2)22-18(23)13-6-3-7-14-17(13)16(21-22)9-15(20-14)12-5-4-8-19-10-12/h3-8,10-11,15,20H,9H2,1-2H3. The van der Waals surface area contributed by atoms with Crippen LogP contribution in [0.15, 0.2) is 47.5 Å². The first-order valence-corrected chi connectivity index (χ1v) is 7.86. The number of hydrogen-bond acceptors (Lipinski definition) is 4. The van der Waals surface area contributed by atoms with Crippen molar-refractivity contribution in [1.82, 2.24) is 14.8 Å². The van der Waals surface area contributed by atoms with Crippen molar-refractivity contribution in [3.8, 4) is 0 Å². The van der Waals surface area contributed by atoms with Crippen LogP contribution in [0.4, 0.5) is 5.69 Å². The van der Waals surface area contributed by atoms with Crippen LogP contribution in [-0.4, -0.2) is 14.8 Å². The summed E-state index contributed by atoms with van der Waals surface area (Å²) in [6.45, 7) is 3.97. The van der Waals surface area contributed by atoms with Gasteiger partial charge in [-0.2, -0.15) is 5.10 Å². The number of hydrogen-bond donors (Lipinski definition) is 1. The fraction of sp³-hybridized carbons (Fsp3) is 0.278. The average Bonchev–Trinajstić information content (AvgIpc) is 2.58. The summed E-state index contributed by atoms with van der Waals surface area (Å²) in [6, 6.07) is 9.98. The first kappa shape index (κ1) is 13.9. The van der Waals surface area contributed by atoms with Gasteiger partial charge in [0.25, 0.3) is 5.56 Å². The molecule has 1 aromatic carbocycles. The van der Waals surface area contributed by atoms with Crippen molar-refractivity contribution in [3.05, 3.63) is 64.3 Å². The van der Waals surface area contributed by atoms with Gasteiger partial charge in [-0.1, -0.05) is 12.1 Å². The maximum atomic E-state index is 12.6. The third kappa shape index (κ3) is 2.20. The van der Waals surface area contributed by atoms with Crippen molar-refractivity contribution < 1.29 is 0 Å². The lowest BCUT2D eigenvalue weighted by Gasteiger charge is -2.27. The number of pyridine rings is 1. The molecule has 23 heavy (non-hydrogen) atoms. The van der Waals surface area contributed by atoms with Gasteiger partial charge < -0.3 is 5.32 Å². The van der Waals surface area contributed by atoms with Crippen LogP contribution in [0.2, 0.25) is 0 Å². The Balaban J connectivity index is 1.92. The Kier molecular flexibility index (Phi) is 3.15. The van der Waals surface area contributed by atoms with Gasteiger partial charge in [0.15, 0.2) is 0 Å². The quantitative estimate of drug-likeness (QED) is 0.790. The molecule has 3 aromatic rings. The smallest absolute Gasteiger partial charge is 0.274 e. The van der Waals surface area contributed by atoms with Gasteiger partial charge in [0.1, 0.15) is 0 Å². The summed E-state index contributed by atoms with van der Waals surface area (Å²) < 4.78 is 1.59. The Morgan fingerprint density at radius 2 is 2.13 bits per heavy atom. The first-order chi connectivity index (χ1) is 11.1. The molecule has 4 rings (SSSR count). The van der Waals surface area contributed by atoms with Crippen LogP contribution in [0, 0.1) is 0 Å². The number of aromatic nitrogens is 3. The number of nitrogens with one attached hydrogen (secondary N) is 1. The summed E-state index contributed by atoms with van der Waals surface area (Å²) in [4.78, 5) is 16.8. The third-order valence-corrected chi connectivity index (χ3v) is 4.32. The second kappa shape index (κ2) is 5.19. The molecule has 1 unspecified atom stereocenters. The molecule has 2 aromatic heterocycles. The Morgan fingerprint density at radius 1 is 1.26 bits per heavy atom. The second-order valence-electron chi connectivity index (χ2n) is 6.21. The van der Waals surface area contributed by atoms with Crippen LogP contribution < -0.4 is 10.9 Å². The second-order valence-corrected chi connectivity index (χ2v) is 6.21. The predicted octanol–water partition coefficient (Wildman–Crippen LogP) is 3.08. The van der Waals surface area contributed by atoms with E-state index in [0.717, 1.165) is 34.1 Å². The molecule has 1 aliphatic rings. The van der Waals surface area contributed by atoms with E-state index in [1.165, 1.54) is 0 Å². The van der Waals surface area contributed by atoms with Crippen molar-refractivity contribution in [2.75, 3.05) is 5.32 Å². The number of rotatable bonds is 2. The minimum Gasteiger partial charge on any atom is -0.377 e. The van der Waals surface area contributed by atoms with E-state index in [4.69, 9.17) is 0 Å². The molecule has 0 aliphatic carbocycles. The van der Waals surface area contributed by atoms with E-state index in [1.54, 1.807) is 10.9 Å². The highest BCUT2D eigenvalue weighted by molar-refractivity contribution is 5.96. The molecule has 0 bridgehead atoms. The highest BCUT2D eigenvalue weighted by Gasteiger charge is 2.25. The van der Waals surface area contributed by atoms with E-state index in [9.17, 15) is 4.79 Å². The molecule has 0 saturated carbocycles. The summed E-state index contributed by atoms with van der Waals surface area (Å²) in [5.41, 5.74) is 3.04. The number of benzene rings is 1. The first-order valence-electron chi connectivity index (χ1n) is 7.86. The van der Waals surface area contributed by atoms with E-state index in [1.807, 2.05) is 44.3 Å². The summed E-state index contributed by atoms with van der Waals surface area (Å²) >= 11 is 0. The monoisotopic (exact) mass is 306 g/mol.